The molecule has 1 aliphatic rings. The molecule has 1 fully saturated rings. The standard InChI is InChI=1S/C53H100N16O13.H2O4S/c1-9-30(6)12-10-11-13-41(72)60-33(14-20-54)48(77)69-43(32(8)71)53(82)65-36(17-23-57)45(74)64-38-19-25-59-52(81)42(31(7)70)68-49(78)37(18-24-58)62-44(73)34(15-21-55)63-50(79)39(26-28(2)3)67-51(80)40(27-29(4)5)66-46(75)35(16-22-56)61-47(38)76;1-5(2,3)4/h28-40,42-43,70-71H,9-27,54-58H2,1-8H3,(H,59,81)(H,60,72)(H,61,76)(H,62,73)(H,63,79)(H,64,74)(H,65,82)(H,66,75)(H,67,80)(H,68,78)(H,69,77);(H2,1,2,3,4)/t30?,31-,32-,33+,34+,35+,36+,37+,38+,39+,40-,42+,43+;/m1./s1. The quantitative estimate of drug-likeness (QED) is 0.0245. The summed E-state index contributed by atoms with van der Waals surface area (Å²) in [7, 11) is -4.67. The van der Waals surface area contributed by atoms with Gasteiger partial charge in [0.05, 0.1) is 12.2 Å². The first-order valence-electron chi connectivity index (χ1n) is 29.5. The second kappa shape index (κ2) is 42.6. The zero-order chi connectivity index (χ0) is 66.7. The Hall–Kier alpha value is -6.24. The summed E-state index contributed by atoms with van der Waals surface area (Å²) < 4.78 is 31.6. The number of aliphatic hydroxyl groups excluding tert-OH is 2. The highest BCUT2D eigenvalue weighted by atomic mass is 32.3. The van der Waals surface area contributed by atoms with Crippen molar-refractivity contribution in [2.75, 3.05) is 39.3 Å². The summed E-state index contributed by atoms with van der Waals surface area (Å²) in [6.07, 6.45) is -0.760. The van der Waals surface area contributed by atoms with Gasteiger partial charge in [-0.3, -0.25) is 61.8 Å². The Bertz CT molecular complexity index is 2310. The lowest BCUT2D eigenvalue weighted by molar-refractivity contribution is -0.137. The van der Waals surface area contributed by atoms with Gasteiger partial charge in [0.1, 0.15) is 60.4 Å². The number of carbonyl (C=O) groups excluding carboxylic acids is 11. The minimum Gasteiger partial charge on any atom is -0.391 e. The first-order chi connectivity index (χ1) is 40.7. The fourth-order valence-corrected chi connectivity index (χ4v) is 8.76. The zero-order valence-corrected chi connectivity index (χ0v) is 52.3. The second-order valence-electron chi connectivity index (χ2n) is 22.4. The molecule has 1 rings (SSSR count). The number of unbranched alkanes of at least 4 members (excludes halogenated alkanes) is 1. The Balaban J connectivity index is 0.0000141. The van der Waals surface area contributed by atoms with E-state index in [1.807, 2.05) is 0 Å². The molecule has 0 radical (unpaired) electrons. The van der Waals surface area contributed by atoms with Gasteiger partial charge in [0.2, 0.25) is 65.0 Å². The Kier molecular flexibility index (Phi) is 39.6. The van der Waals surface area contributed by atoms with Gasteiger partial charge in [-0.1, -0.05) is 60.8 Å². The van der Waals surface area contributed by atoms with Crippen LogP contribution in [0.5, 0.6) is 0 Å². The number of aliphatic hydroxyl groups is 2. The van der Waals surface area contributed by atoms with Crippen molar-refractivity contribution in [2.24, 2.45) is 46.4 Å². The third-order valence-electron chi connectivity index (χ3n) is 13.7. The number of nitrogens with one attached hydrogen (secondary N) is 11. The summed E-state index contributed by atoms with van der Waals surface area (Å²) in [6, 6.07) is -14.5. The van der Waals surface area contributed by atoms with Crippen LogP contribution >= 0.6 is 0 Å². The molecule has 0 bridgehead atoms. The van der Waals surface area contributed by atoms with Crippen molar-refractivity contribution in [3.05, 3.63) is 0 Å². The van der Waals surface area contributed by atoms with Gasteiger partial charge in [0.15, 0.2) is 0 Å². The van der Waals surface area contributed by atoms with E-state index >= 15 is 0 Å². The van der Waals surface area contributed by atoms with E-state index in [2.05, 4.69) is 72.3 Å². The molecule has 0 saturated carbocycles. The van der Waals surface area contributed by atoms with Crippen LogP contribution in [-0.4, -0.2) is 205 Å². The lowest BCUT2D eigenvalue weighted by Crippen LogP contribution is -2.62. The van der Waals surface area contributed by atoms with E-state index in [1.54, 1.807) is 27.7 Å². The second-order valence-corrected chi connectivity index (χ2v) is 23.3. The fraction of sp³-hybridized carbons (Fsp3) is 0.792. The maximum Gasteiger partial charge on any atom is 0.394 e. The highest BCUT2D eigenvalue weighted by Crippen LogP contribution is 2.14. The molecule has 502 valence electrons. The highest BCUT2D eigenvalue weighted by Gasteiger charge is 2.37. The Morgan fingerprint density at radius 2 is 0.954 bits per heavy atom. The number of hydrogen-bond acceptors (Lipinski definition) is 20. The molecule has 1 unspecified atom stereocenters. The molecule has 0 aromatic heterocycles. The Labute approximate surface area is 509 Å². The van der Waals surface area contributed by atoms with Crippen molar-refractivity contribution in [3.8, 4) is 0 Å². The van der Waals surface area contributed by atoms with Gasteiger partial charge < -0.3 is 97.4 Å². The summed E-state index contributed by atoms with van der Waals surface area (Å²) >= 11 is 0. The van der Waals surface area contributed by atoms with Crippen LogP contribution in [0, 0.1) is 17.8 Å². The van der Waals surface area contributed by atoms with Crippen molar-refractivity contribution in [2.45, 2.75) is 211 Å². The van der Waals surface area contributed by atoms with Crippen molar-refractivity contribution in [1.82, 2.24) is 58.5 Å². The summed E-state index contributed by atoms with van der Waals surface area (Å²) in [5.41, 5.74) is 29.2. The van der Waals surface area contributed by atoms with Crippen molar-refractivity contribution >= 4 is 75.4 Å². The molecule has 87 heavy (non-hydrogen) atoms. The molecule has 0 aromatic rings. The fourth-order valence-electron chi connectivity index (χ4n) is 8.76. The SMILES string of the molecule is CCC(C)CCCCC(=O)N[C@@H](CCN)C(=O)N[C@H](C(=O)N[C@@H](CCN)C(=O)N[C@H]1CCNC(=O)[C@H]([C@@H](C)O)NC(=O)[C@H](CCN)NC(=O)[C@H](CCN)NC(=O)[C@H](CC(C)C)NC(=O)[C@@H](CC(C)C)NC(=O)[C@H](CCN)NC1=O)[C@@H](C)O.O=S(=O)(O)O. The lowest BCUT2D eigenvalue weighted by Gasteiger charge is -2.29. The monoisotopic (exact) mass is 1270 g/mol. The third-order valence-corrected chi connectivity index (χ3v) is 13.7. The van der Waals surface area contributed by atoms with Crippen molar-refractivity contribution < 1.29 is 80.5 Å². The van der Waals surface area contributed by atoms with Crippen molar-refractivity contribution in [3.63, 3.8) is 0 Å². The maximum atomic E-state index is 14.4. The van der Waals surface area contributed by atoms with Gasteiger partial charge in [-0.25, -0.2) is 0 Å². The van der Waals surface area contributed by atoms with E-state index in [9.17, 15) is 63.0 Å². The summed E-state index contributed by atoms with van der Waals surface area (Å²) in [4.78, 5) is 153. The van der Waals surface area contributed by atoms with E-state index in [-0.39, 0.29) is 95.9 Å². The smallest absolute Gasteiger partial charge is 0.391 e. The Morgan fingerprint density at radius 1 is 0.540 bits per heavy atom. The van der Waals surface area contributed by atoms with Crippen LogP contribution in [0.2, 0.25) is 0 Å². The predicted octanol–water partition coefficient (Wildman–Crippen LogP) is -6.09. The average molecular weight is 1270 g/mol. The molecule has 0 aliphatic carbocycles. The molecule has 1 aliphatic heterocycles. The van der Waals surface area contributed by atoms with Crippen LogP contribution in [-0.2, 0) is 63.1 Å². The molecule has 0 aromatic carbocycles. The molecule has 11 amide bonds. The molecule has 25 N–H and O–H groups in total. The minimum atomic E-state index is -4.67. The van der Waals surface area contributed by atoms with Gasteiger partial charge in [0.25, 0.3) is 0 Å². The summed E-state index contributed by atoms with van der Waals surface area (Å²) in [5, 5.41) is 49.5. The lowest BCUT2D eigenvalue weighted by atomic mass is 9.99. The van der Waals surface area contributed by atoms with Gasteiger partial charge in [-0.05, 0) is 122 Å². The number of rotatable bonds is 29. The van der Waals surface area contributed by atoms with E-state index in [4.69, 9.17) is 46.2 Å². The number of hydrogen-bond donors (Lipinski definition) is 20. The topological polar surface area (TPSA) is 565 Å². The first kappa shape index (κ1) is 80.8. The largest absolute Gasteiger partial charge is 0.394 e. The van der Waals surface area contributed by atoms with Crippen LogP contribution in [0.1, 0.15) is 139 Å². The molecule has 1 heterocycles. The number of amides is 11. The molecule has 0 spiro atoms. The average Bonchev–Trinajstić information content (AvgIpc) is 2.81. The predicted molar refractivity (Wildman–Crippen MR) is 320 cm³/mol. The van der Waals surface area contributed by atoms with Crippen LogP contribution in [0.25, 0.3) is 0 Å². The van der Waals surface area contributed by atoms with Gasteiger partial charge >= 0.3 is 10.4 Å². The number of nitrogens with two attached hydrogens (primary N) is 5. The zero-order valence-electron chi connectivity index (χ0n) is 51.5. The van der Waals surface area contributed by atoms with E-state index in [0.717, 1.165) is 19.3 Å². The molecule has 34 heteroatoms. The van der Waals surface area contributed by atoms with Crippen molar-refractivity contribution in [1.29, 1.82) is 0 Å². The molecule has 33 nitrogen and oxygen atoms in total. The third kappa shape index (κ3) is 33.6. The molecule has 13 atom stereocenters. The highest BCUT2D eigenvalue weighted by molar-refractivity contribution is 7.79. The minimum absolute atomic E-state index is 0.0131. The van der Waals surface area contributed by atoms with E-state index in [1.165, 1.54) is 13.8 Å². The Morgan fingerprint density at radius 3 is 1.36 bits per heavy atom. The molecular weight excluding hydrogens is 1160 g/mol. The molecule has 1 saturated heterocycles. The van der Waals surface area contributed by atoms with Crippen LogP contribution in [0.15, 0.2) is 0 Å². The summed E-state index contributed by atoms with van der Waals surface area (Å²) in [5.74, 6) is -9.49. The van der Waals surface area contributed by atoms with Gasteiger partial charge in [-0.2, -0.15) is 8.42 Å². The summed E-state index contributed by atoms with van der Waals surface area (Å²) in [6.45, 7) is 12.6. The van der Waals surface area contributed by atoms with Crippen LogP contribution in [0.4, 0.5) is 0 Å². The normalized spacial score (nSPS) is 22.7. The van der Waals surface area contributed by atoms with Gasteiger partial charge in [0, 0.05) is 13.0 Å². The van der Waals surface area contributed by atoms with Crippen LogP contribution in [0.3, 0.4) is 0 Å². The number of carbonyl (C=O) groups is 11. The van der Waals surface area contributed by atoms with E-state index < -0.39 is 161 Å². The first-order valence-corrected chi connectivity index (χ1v) is 30.9. The molecular formula is C53H102N16O17S. The van der Waals surface area contributed by atoms with E-state index in [0.29, 0.717) is 12.3 Å². The van der Waals surface area contributed by atoms with Crippen LogP contribution < -0.4 is 87.2 Å². The van der Waals surface area contributed by atoms with Gasteiger partial charge in [-0.15, -0.1) is 0 Å². The maximum absolute atomic E-state index is 14.4.